The number of anilines is 6. The van der Waals surface area contributed by atoms with Crippen molar-refractivity contribution in [3.63, 3.8) is 0 Å². The van der Waals surface area contributed by atoms with Crippen molar-refractivity contribution in [3.8, 4) is 33.6 Å². The molecule has 460 valence electrons. The largest absolute Gasteiger partial charge is 0.456 e. The average molecular weight is 1240 g/mol. The van der Waals surface area contributed by atoms with Crippen LogP contribution in [0.3, 0.4) is 0 Å². The van der Waals surface area contributed by atoms with Gasteiger partial charge in [-0.05, 0) is 201 Å². The fraction of sp³-hybridized carbons (Fsp3) is 0.0889. The molecule has 14 aromatic carbocycles. The number of hydrogen-bond donors (Lipinski definition) is 0. The molecule has 0 saturated carbocycles. The van der Waals surface area contributed by atoms with E-state index in [-0.39, 0.29) is 10.8 Å². The summed E-state index contributed by atoms with van der Waals surface area (Å²) in [6.45, 7) is 13.7. The van der Waals surface area contributed by atoms with Gasteiger partial charge in [-0.2, -0.15) is 0 Å². The first-order valence-electron chi connectivity index (χ1n) is 33.3. The number of aromatic nitrogens is 2. The molecule has 0 fully saturated rings. The average Bonchev–Trinajstić information content (AvgIpc) is 1.58. The molecule has 4 aromatic heterocycles. The van der Waals surface area contributed by atoms with E-state index in [1.165, 1.54) is 54.9 Å². The highest BCUT2D eigenvalue weighted by molar-refractivity contribution is 6.28. The Labute approximate surface area is 557 Å². The van der Waals surface area contributed by atoms with Gasteiger partial charge in [-0.3, -0.25) is 0 Å². The predicted octanol–water partition coefficient (Wildman–Crippen LogP) is 25.7. The Morgan fingerprint density at radius 3 is 1.00 bits per heavy atom. The second-order valence-corrected chi connectivity index (χ2v) is 27.7. The lowest BCUT2D eigenvalue weighted by atomic mass is 9.87. The quantitative estimate of drug-likeness (QED) is 0.137. The van der Waals surface area contributed by atoms with E-state index in [2.05, 4.69) is 364 Å². The monoisotopic (exact) mass is 1240 g/mol. The smallest absolute Gasteiger partial charge is 0.137 e. The number of hydrogen-bond acceptors (Lipinski definition) is 4. The summed E-state index contributed by atoms with van der Waals surface area (Å²) in [4.78, 5) is 4.71. The lowest BCUT2D eigenvalue weighted by Gasteiger charge is -2.26. The van der Waals surface area contributed by atoms with Gasteiger partial charge in [0, 0.05) is 101 Å². The molecular formula is C90H68N4O2. The van der Waals surface area contributed by atoms with Crippen LogP contribution in [0.15, 0.2) is 312 Å². The molecule has 0 radical (unpaired) electrons. The van der Waals surface area contributed by atoms with E-state index in [9.17, 15) is 0 Å². The van der Waals surface area contributed by atoms with Crippen LogP contribution < -0.4 is 9.80 Å². The van der Waals surface area contributed by atoms with Crippen molar-refractivity contribution in [3.05, 3.63) is 314 Å². The summed E-state index contributed by atoms with van der Waals surface area (Å²) < 4.78 is 18.8. The minimum atomic E-state index is -0.0244. The Kier molecular flexibility index (Phi) is 13.0. The van der Waals surface area contributed by atoms with Crippen molar-refractivity contribution < 1.29 is 8.83 Å². The normalized spacial score (nSPS) is 12.3. The first-order chi connectivity index (χ1) is 46.8. The van der Waals surface area contributed by atoms with Gasteiger partial charge < -0.3 is 27.8 Å². The zero-order valence-electron chi connectivity index (χ0n) is 54.5. The van der Waals surface area contributed by atoms with Crippen LogP contribution in [-0.2, 0) is 10.8 Å². The van der Waals surface area contributed by atoms with Crippen molar-refractivity contribution >= 4 is 132 Å². The Hall–Kier alpha value is -11.9. The molecule has 0 atom stereocenters. The van der Waals surface area contributed by atoms with Gasteiger partial charge in [-0.15, -0.1) is 0 Å². The number of rotatable bonds is 10. The Morgan fingerprint density at radius 1 is 0.240 bits per heavy atom. The molecule has 18 aromatic rings. The van der Waals surface area contributed by atoms with Crippen molar-refractivity contribution in [2.45, 2.75) is 52.4 Å². The Morgan fingerprint density at radius 2 is 0.604 bits per heavy atom. The van der Waals surface area contributed by atoms with Crippen molar-refractivity contribution in [1.29, 1.82) is 0 Å². The highest BCUT2D eigenvalue weighted by Crippen LogP contribution is 2.48. The number of furan rings is 2. The van der Waals surface area contributed by atoms with Crippen molar-refractivity contribution in [2.75, 3.05) is 9.80 Å². The van der Waals surface area contributed by atoms with Gasteiger partial charge in [0.15, 0.2) is 0 Å². The molecule has 96 heavy (non-hydrogen) atoms. The summed E-state index contributed by atoms with van der Waals surface area (Å²) in [5, 5.41) is 11.3. The molecule has 18 rings (SSSR count). The SMILES string of the molecule is CC(C)(C)c1cccc(-n2c3ccc(-c4ccccc4)cc3c3ccc(N(c4ccccc4)c4ccc5c(c4)oc4ccc6c(ccc7oc8cc(N(c9ccccc9)c9ccc%10c%11cc(-c%12ccccc%12)ccc%11n(-c%11cccc(C(C)(C)C)c%11)c%10c9)ccc8c76)c45)cc32)c1. The highest BCUT2D eigenvalue weighted by Gasteiger charge is 2.25. The van der Waals surface area contributed by atoms with Crippen LogP contribution in [0.5, 0.6) is 0 Å². The lowest BCUT2D eigenvalue weighted by Crippen LogP contribution is -2.11. The number of para-hydroxylation sites is 2. The first kappa shape index (κ1) is 56.9. The van der Waals surface area contributed by atoms with Gasteiger partial charge in [-0.25, -0.2) is 0 Å². The maximum Gasteiger partial charge on any atom is 0.137 e. The van der Waals surface area contributed by atoms with Gasteiger partial charge >= 0.3 is 0 Å². The van der Waals surface area contributed by atoms with E-state index in [1.54, 1.807) is 0 Å². The summed E-state index contributed by atoms with van der Waals surface area (Å²) in [5.41, 5.74) is 23.6. The van der Waals surface area contributed by atoms with Crippen LogP contribution in [-0.4, -0.2) is 9.13 Å². The van der Waals surface area contributed by atoms with Crippen LogP contribution in [0.25, 0.3) is 132 Å². The van der Waals surface area contributed by atoms with Gasteiger partial charge in [0.1, 0.15) is 22.3 Å². The van der Waals surface area contributed by atoms with E-state index < -0.39 is 0 Å². The molecule has 0 unspecified atom stereocenters. The van der Waals surface area contributed by atoms with Crippen molar-refractivity contribution in [2.24, 2.45) is 0 Å². The Bertz CT molecular complexity index is 5720. The number of benzene rings is 14. The van der Waals surface area contributed by atoms with E-state index in [1.807, 2.05) is 0 Å². The molecule has 0 spiro atoms. The third kappa shape index (κ3) is 9.38. The lowest BCUT2D eigenvalue weighted by molar-refractivity contribution is 0.589. The molecule has 0 N–H and O–H groups in total. The van der Waals surface area contributed by atoms with Crippen molar-refractivity contribution in [1.82, 2.24) is 9.13 Å². The summed E-state index contributed by atoms with van der Waals surface area (Å²) in [7, 11) is 0. The predicted molar refractivity (Wildman–Crippen MR) is 405 cm³/mol. The third-order valence-electron chi connectivity index (χ3n) is 19.7. The molecule has 0 bridgehead atoms. The zero-order valence-corrected chi connectivity index (χ0v) is 54.5. The first-order valence-corrected chi connectivity index (χ1v) is 33.3. The molecule has 0 aliphatic rings. The molecule has 0 amide bonds. The van der Waals surface area contributed by atoms with E-state index in [4.69, 9.17) is 8.83 Å². The summed E-state index contributed by atoms with van der Waals surface area (Å²) in [5.74, 6) is 0. The maximum absolute atomic E-state index is 6.96. The zero-order chi connectivity index (χ0) is 64.6. The molecule has 0 saturated heterocycles. The fourth-order valence-corrected chi connectivity index (χ4v) is 15.0. The molecule has 6 nitrogen and oxygen atoms in total. The topological polar surface area (TPSA) is 42.6 Å². The summed E-state index contributed by atoms with van der Waals surface area (Å²) in [6, 6.07) is 111. The highest BCUT2D eigenvalue weighted by atomic mass is 16.3. The van der Waals surface area contributed by atoms with Crippen LogP contribution in [0.2, 0.25) is 0 Å². The summed E-state index contributed by atoms with van der Waals surface area (Å²) in [6.07, 6.45) is 0. The standard InChI is InChI=1S/C90H68N4O2/c1-89(2,3)61-25-19-31-65(51-61)93-79-45-33-59(57-21-11-7-12-22-57)49-77(79)71-39-35-67(53-81(71)93)91(63-27-15-9-16-28-63)69-37-41-75-85(55-69)95-83-47-43-74-73(87(75)83)44-48-84-88(74)76-42-38-70(56-86(76)96-84)92(64-29-17-10-18-30-64)68-36-40-72-78-50-60(58-23-13-8-14-24-58)34-46-80(78)94(82(72)54-68)66-32-20-26-62(52-66)90(4,5)6/h7-56H,1-6H3. The van der Waals surface area contributed by atoms with Gasteiger partial charge in [0.05, 0.1) is 22.1 Å². The molecule has 0 aliphatic carbocycles. The molecule has 6 heteroatoms. The van der Waals surface area contributed by atoms with E-state index in [0.717, 1.165) is 122 Å². The molecular weight excluding hydrogens is 1170 g/mol. The number of nitrogens with zero attached hydrogens (tertiary/aromatic N) is 4. The van der Waals surface area contributed by atoms with E-state index >= 15 is 0 Å². The Balaban J connectivity index is 0.751. The molecule has 0 aliphatic heterocycles. The van der Waals surface area contributed by atoms with Crippen LogP contribution in [0.4, 0.5) is 34.1 Å². The third-order valence-corrected chi connectivity index (χ3v) is 19.7. The number of fused-ring (bicyclic) bond motifs is 15. The second kappa shape index (κ2) is 21.9. The molecule has 4 heterocycles. The minimum Gasteiger partial charge on any atom is -0.456 e. The summed E-state index contributed by atoms with van der Waals surface area (Å²) >= 11 is 0. The minimum absolute atomic E-state index is 0.0244. The van der Waals surface area contributed by atoms with Crippen LogP contribution in [0.1, 0.15) is 52.7 Å². The second-order valence-electron chi connectivity index (χ2n) is 27.7. The van der Waals surface area contributed by atoms with Gasteiger partial charge in [0.2, 0.25) is 0 Å². The van der Waals surface area contributed by atoms with Gasteiger partial charge in [-0.1, -0.05) is 187 Å². The maximum atomic E-state index is 6.96. The van der Waals surface area contributed by atoms with Crippen LogP contribution >= 0.6 is 0 Å². The fourth-order valence-electron chi connectivity index (χ4n) is 15.0. The van der Waals surface area contributed by atoms with E-state index in [0.29, 0.717) is 0 Å². The van der Waals surface area contributed by atoms with Crippen LogP contribution in [0, 0.1) is 0 Å². The van der Waals surface area contributed by atoms with Gasteiger partial charge in [0.25, 0.3) is 0 Å².